The van der Waals surface area contributed by atoms with Gasteiger partial charge < -0.3 is 0 Å². The second kappa shape index (κ2) is 3.62. The van der Waals surface area contributed by atoms with Gasteiger partial charge in [0.15, 0.2) is 0 Å². The fraction of sp³-hybridized carbons (Fsp3) is 0.900. The topological polar surface area (TPSA) is 20.3 Å². The van der Waals surface area contributed by atoms with Crippen molar-refractivity contribution in [2.45, 2.75) is 31.8 Å². The van der Waals surface area contributed by atoms with Crippen LogP contribution in [0.25, 0.3) is 0 Å². The molecular weight excluding hydrogens is 182 g/mol. The van der Waals surface area contributed by atoms with Crippen LogP contribution >= 0.6 is 11.8 Å². The molecule has 0 N–H and O–H groups in total. The summed E-state index contributed by atoms with van der Waals surface area (Å²) in [5, 5.41) is 0. The Hall–Kier alpha value is -0.0200. The van der Waals surface area contributed by atoms with Crippen LogP contribution in [0.2, 0.25) is 0 Å². The van der Waals surface area contributed by atoms with Crippen LogP contribution in [-0.2, 0) is 4.79 Å². The Bertz CT molecular complexity index is 219. The molecule has 2 aliphatic rings. The summed E-state index contributed by atoms with van der Waals surface area (Å²) in [4.78, 5) is 13.7. The third-order valence-corrected chi connectivity index (χ3v) is 4.63. The van der Waals surface area contributed by atoms with Crippen molar-refractivity contribution in [1.82, 2.24) is 4.90 Å². The van der Waals surface area contributed by atoms with Gasteiger partial charge in [-0.2, -0.15) is 11.8 Å². The van der Waals surface area contributed by atoms with Gasteiger partial charge in [0.2, 0.25) is 0 Å². The molecule has 0 aromatic carbocycles. The zero-order valence-corrected chi connectivity index (χ0v) is 9.14. The van der Waals surface area contributed by atoms with Crippen LogP contribution in [0.3, 0.4) is 0 Å². The second-order valence-corrected chi connectivity index (χ2v) is 5.37. The molecule has 2 fully saturated rings. The standard InChI is InChI=1S/C10H17NOS/c1-7(12)10-5-8-6-13-4-3-9(8)11(10)2/h8-10H,3-6H2,1-2H3. The molecule has 13 heavy (non-hydrogen) atoms. The lowest BCUT2D eigenvalue weighted by Crippen LogP contribution is -2.39. The van der Waals surface area contributed by atoms with E-state index in [0.29, 0.717) is 11.8 Å². The summed E-state index contributed by atoms with van der Waals surface area (Å²) < 4.78 is 0. The highest BCUT2D eigenvalue weighted by molar-refractivity contribution is 7.99. The van der Waals surface area contributed by atoms with Gasteiger partial charge >= 0.3 is 0 Å². The molecule has 0 bridgehead atoms. The number of ketones is 1. The molecule has 0 saturated carbocycles. The molecule has 0 aromatic rings. The molecule has 3 atom stereocenters. The Labute approximate surface area is 84.1 Å². The van der Waals surface area contributed by atoms with E-state index in [1.165, 1.54) is 17.9 Å². The molecule has 2 nitrogen and oxygen atoms in total. The van der Waals surface area contributed by atoms with Gasteiger partial charge in [0.05, 0.1) is 6.04 Å². The lowest BCUT2D eigenvalue weighted by molar-refractivity contribution is -0.121. The average molecular weight is 199 g/mol. The SMILES string of the molecule is CC(=O)C1CC2CSCCC2N1C. The molecule has 2 heterocycles. The van der Waals surface area contributed by atoms with Crippen molar-refractivity contribution in [3.63, 3.8) is 0 Å². The van der Waals surface area contributed by atoms with Gasteiger partial charge in [-0.3, -0.25) is 9.69 Å². The Morgan fingerprint density at radius 3 is 2.92 bits per heavy atom. The normalized spacial score (nSPS) is 40.3. The van der Waals surface area contributed by atoms with Crippen LogP contribution in [0.4, 0.5) is 0 Å². The third kappa shape index (κ3) is 1.64. The van der Waals surface area contributed by atoms with Crippen molar-refractivity contribution in [3.05, 3.63) is 0 Å². The molecule has 3 unspecified atom stereocenters. The number of hydrogen-bond acceptors (Lipinski definition) is 3. The van der Waals surface area contributed by atoms with Crippen LogP contribution in [0, 0.1) is 5.92 Å². The molecule has 0 aliphatic carbocycles. The molecule has 0 aromatic heterocycles. The van der Waals surface area contributed by atoms with Crippen LogP contribution in [-0.4, -0.2) is 41.3 Å². The van der Waals surface area contributed by atoms with Gasteiger partial charge in [-0.15, -0.1) is 0 Å². The van der Waals surface area contributed by atoms with E-state index in [2.05, 4.69) is 11.9 Å². The molecule has 74 valence electrons. The molecule has 2 saturated heterocycles. The number of Topliss-reactive ketones (excluding diaryl/α,β-unsaturated/α-hetero) is 1. The highest BCUT2D eigenvalue weighted by Crippen LogP contribution is 2.37. The Morgan fingerprint density at radius 2 is 2.31 bits per heavy atom. The van der Waals surface area contributed by atoms with Gasteiger partial charge in [0, 0.05) is 6.04 Å². The van der Waals surface area contributed by atoms with Gasteiger partial charge in [-0.25, -0.2) is 0 Å². The lowest BCUT2D eigenvalue weighted by atomic mass is 9.98. The van der Waals surface area contributed by atoms with E-state index in [1.54, 1.807) is 6.92 Å². The fourth-order valence-corrected chi connectivity index (χ4v) is 3.92. The Kier molecular flexibility index (Phi) is 2.65. The number of likely N-dealkylation sites (tertiary alicyclic amines) is 1. The van der Waals surface area contributed by atoms with Gasteiger partial charge in [0.25, 0.3) is 0 Å². The minimum absolute atomic E-state index is 0.216. The van der Waals surface area contributed by atoms with E-state index >= 15 is 0 Å². The summed E-state index contributed by atoms with van der Waals surface area (Å²) in [5.74, 6) is 3.66. The molecule has 2 rings (SSSR count). The van der Waals surface area contributed by atoms with Crippen LogP contribution in [0.1, 0.15) is 19.8 Å². The van der Waals surface area contributed by atoms with Crippen molar-refractivity contribution >= 4 is 17.5 Å². The highest BCUT2D eigenvalue weighted by Gasteiger charge is 2.41. The largest absolute Gasteiger partial charge is 0.298 e. The summed E-state index contributed by atoms with van der Waals surface area (Å²) in [7, 11) is 2.12. The molecule has 2 aliphatic heterocycles. The van der Waals surface area contributed by atoms with Crippen LogP contribution in [0.5, 0.6) is 0 Å². The minimum Gasteiger partial charge on any atom is -0.298 e. The van der Waals surface area contributed by atoms with E-state index in [-0.39, 0.29) is 6.04 Å². The lowest BCUT2D eigenvalue weighted by Gasteiger charge is -2.29. The third-order valence-electron chi connectivity index (χ3n) is 3.44. The number of hydrogen-bond donors (Lipinski definition) is 0. The van der Waals surface area contributed by atoms with Crippen molar-refractivity contribution in [1.29, 1.82) is 0 Å². The van der Waals surface area contributed by atoms with E-state index in [0.717, 1.165) is 12.3 Å². The molecule has 3 heteroatoms. The minimum atomic E-state index is 0.216. The first kappa shape index (κ1) is 9.53. The van der Waals surface area contributed by atoms with Crippen molar-refractivity contribution in [3.8, 4) is 0 Å². The maximum Gasteiger partial charge on any atom is 0.146 e. The zero-order valence-electron chi connectivity index (χ0n) is 8.32. The first-order valence-electron chi connectivity index (χ1n) is 5.00. The average Bonchev–Trinajstić information content (AvgIpc) is 2.45. The summed E-state index contributed by atoms with van der Waals surface area (Å²) in [5.41, 5.74) is 0. The maximum atomic E-state index is 11.4. The summed E-state index contributed by atoms with van der Waals surface area (Å²) in [6.45, 7) is 1.73. The first-order chi connectivity index (χ1) is 6.20. The van der Waals surface area contributed by atoms with Gasteiger partial charge in [-0.05, 0) is 44.2 Å². The number of carbonyl (C=O) groups is 1. The van der Waals surface area contributed by atoms with E-state index in [9.17, 15) is 4.79 Å². The molecule has 0 spiro atoms. The quantitative estimate of drug-likeness (QED) is 0.637. The van der Waals surface area contributed by atoms with Crippen molar-refractivity contribution in [2.24, 2.45) is 5.92 Å². The molecule has 0 amide bonds. The summed E-state index contributed by atoms with van der Waals surface area (Å²) in [6, 6.07) is 0.906. The van der Waals surface area contributed by atoms with Crippen LogP contribution < -0.4 is 0 Å². The molecule has 0 radical (unpaired) electrons. The Balaban J connectivity index is 2.09. The number of likely N-dealkylation sites (N-methyl/N-ethyl adjacent to an activating group) is 1. The van der Waals surface area contributed by atoms with E-state index < -0.39 is 0 Å². The predicted molar refractivity (Wildman–Crippen MR) is 56.1 cm³/mol. The molecular formula is C10H17NOS. The first-order valence-corrected chi connectivity index (χ1v) is 6.15. The van der Waals surface area contributed by atoms with Crippen molar-refractivity contribution in [2.75, 3.05) is 18.6 Å². The van der Waals surface area contributed by atoms with Gasteiger partial charge in [-0.1, -0.05) is 0 Å². The maximum absolute atomic E-state index is 11.4. The monoisotopic (exact) mass is 199 g/mol. The smallest absolute Gasteiger partial charge is 0.146 e. The predicted octanol–water partition coefficient (Wildman–Crippen LogP) is 1.40. The van der Waals surface area contributed by atoms with Gasteiger partial charge in [0.1, 0.15) is 5.78 Å². The summed E-state index contributed by atoms with van der Waals surface area (Å²) in [6.07, 6.45) is 2.37. The Morgan fingerprint density at radius 1 is 1.54 bits per heavy atom. The number of rotatable bonds is 1. The number of carbonyl (C=O) groups excluding carboxylic acids is 1. The highest BCUT2D eigenvalue weighted by atomic mass is 32.2. The second-order valence-electron chi connectivity index (χ2n) is 4.22. The fourth-order valence-electron chi connectivity index (χ4n) is 2.68. The zero-order chi connectivity index (χ0) is 9.42. The van der Waals surface area contributed by atoms with Crippen molar-refractivity contribution < 1.29 is 4.79 Å². The number of fused-ring (bicyclic) bond motifs is 1. The number of nitrogens with zero attached hydrogens (tertiary/aromatic N) is 1. The van der Waals surface area contributed by atoms with E-state index in [1.807, 2.05) is 11.8 Å². The summed E-state index contributed by atoms with van der Waals surface area (Å²) >= 11 is 2.05. The van der Waals surface area contributed by atoms with E-state index in [4.69, 9.17) is 0 Å². The van der Waals surface area contributed by atoms with Crippen LogP contribution in [0.15, 0.2) is 0 Å². The number of thioether (sulfide) groups is 1.